The SMILES string of the molecule is Cc1ccc(Cl)cc1N1CCN(C(=O)c2cc([N+](=O)[O-])ccc2Cl)CC1. The summed E-state index contributed by atoms with van der Waals surface area (Å²) in [5, 5.41) is 11.8. The van der Waals surface area contributed by atoms with Gasteiger partial charge < -0.3 is 9.80 Å². The van der Waals surface area contributed by atoms with Crippen molar-refractivity contribution in [2.24, 2.45) is 0 Å². The largest absolute Gasteiger partial charge is 0.368 e. The van der Waals surface area contributed by atoms with Gasteiger partial charge in [0.1, 0.15) is 0 Å². The lowest BCUT2D eigenvalue weighted by Gasteiger charge is -2.37. The summed E-state index contributed by atoms with van der Waals surface area (Å²) in [5.41, 5.74) is 2.19. The first kappa shape index (κ1) is 18.5. The number of carbonyl (C=O) groups is 1. The van der Waals surface area contributed by atoms with E-state index in [2.05, 4.69) is 4.90 Å². The van der Waals surface area contributed by atoms with Crippen LogP contribution in [-0.2, 0) is 0 Å². The molecule has 0 unspecified atom stereocenters. The van der Waals surface area contributed by atoms with Crippen LogP contribution >= 0.6 is 23.2 Å². The van der Waals surface area contributed by atoms with E-state index in [1.54, 1.807) is 4.90 Å². The van der Waals surface area contributed by atoms with Gasteiger partial charge in [0, 0.05) is 49.0 Å². The number of benzene rings is 2. The highest BCUT2D eigenvalue weighted by molar-refractivity contribution is 6.34. The van der Waals surface area contributed by atoms with E-state index < -0.39 is 4.92 Å². The summed E-state index contributed by atoms with van der Waals surface area (Å²) in [7, 11) is 0. The predicted octanol–water partition coefficient (Wildman–Crippen LogP) is 4.17. The number of nitrogens with zero attached hydrogens (tertiary/aromatic N) is 3. The fourth-order valence-electron chi connectivity index (χ4n) is 3.03. The number of nitro benzene ring substituents is 1. The number of hydrogen-bond donors (Lipinski definition) is 0. The molecule has 1 aliphatic rings. The topological polar surface area (TPSA) is 66.7 Å². The minimum atomic E-state index is -0.535. The van der Waals surface area contributed by atoms with Crippen LogP contribution in [0.25, 0.3) is 0 Å². The van der Waals surface area contributed by atoms with Gasteiger partial charge in [-0.25, -0.2) is 0 Å². The molecule has 1 heterocycles. The maximum absolute atomic E-state index is 12.7. The number of aryl methyl sites for hydroxylation is 1. The van der Waals surface area contributed by atoms with Gasteiger partial charge in [-0.2, -0.15) is 0 Å². The minimum absolute atomic E-state index is 0.147. The number of amides is 1. The number of rotatable bonds is 3. The van der Waals surface area contributed by atoms with E-state index in [0.29, 0.717) is 31.2 Å². The molecule has 2 aromatic rings. The fraction of sp³-hybridized carbons (Fsp3) is 0.278. The number of non-ortho nitro benzene ring substituents is 1. The fourth-order valence-corrected chi connectivity index (χ4v) is 3.40. The molecular formula is C18H17Cl2N3O3. The second kappa shape index (κ2) is 7.51. The summed E-state index contributed by atoms with van der Waals surface area (Å²) in [6.45, 7) is 4.33. The van der Waals surface area contributed by atoms with E-state index in [4.69, 9.17) is 23.2 Å². The Morgan fingerprint density at radius 3 is 2.42 bits per heavy atom. The maximum Gasteiger partial charge on any atom is 0.270 e. The van der Waals surface area contributed by atoms with Gasteiger partial charge in [0.15, 0.2) is 0 Å². The van der Waals surface area contributed by atoms with Gasteiger partial charge in [-0.05, 0) is 30.7 Å². The third kappa shape index (κ3) is 3.76. The van der Waals surface area contributed by atoms with Crippen LogP contribution in [-0.4, -0.2) is 41.9 Å². The quantitative estimate of drug-likeness (QED) is 0.579. The average molecular weight is 394 g/mol. The average Bonchev–Trinajstić information content (AvgIpc) is 2.63. The van der Waals surface area contributed by atoms with E-state index in [1.165, 1.54) is 18.2 Å². The first-order valence-electron chi connectivity index (χ1n) is 8.11. The minimum Gasteiger partial charge on any atom is -0.368 e. The summed E-state index contributed by atoms with van der Waals surface area (Å²) in [6.07, 6.45) is 0. The van der Waals surface area contributed by atoms with Gasteiger partial charge in [-0.3, -0.25) is 14.9 Å². The van der Waals surface area contributed by atoms with Crippen molar-refractivity contribution < 1.29 is 9.72 Å². The second-order valence-electron chi connectivity index (χ2n) is 6.13. The Morgan fingerprint density at radius 1 is 1.08 bits per heavy atom. The highest BCUT2D eigenvalue weighted by atomic mass is 35.5. The lowest BCUT2D eigenvalue weighted by Crippen LogP contribution is -2.49. The van der Waals surface area contributed by atoms with Crippen molar-refractivity contribution in [3.8, 4) is 0 Å². The Balaban J connectivity index is 1.74. The van der Waals surface area contributed by atoms with E-state index in [9.17, 15) is 14.9 Å². The van der Waals surface area contributed by atoms with Crippen LogP contribution in [0.2, 0.25) is 10.0 Å². The van der Waals surface area contributed by atoms with Crippen LogP contribution in [0.3, 0.4) is 0 Å². The molecule has 0 radical (unpaired) electrons. The molecule has 8 heteroatoms. The standard InChI is InChI=1S/C18H17Cl2N3O3/c1-12-2-3-13(19)10-17(12)21-6-8-22(9-7-21)18(24)15-11-14(23(25)26)4-5-16(15)20/h2-5,10-11H,6-9H2,1H3. The molecule has 1 fully saturated rings. The predicted molar refractivity (Wildman–Crippen MR) is 102 cm³/mol. The summed E-state index contributed by atoms with van der Waals surface area (Å²) in [6, 6.07) is 9.66. The Bertz CT molecular complexity index is 865. The molecular weight excluding hydrogens is 377 g/mol. The van der Waals surface area contributed by atoms with Gasteiger partial charge >= 0.3 is 0 Å². The smallest absolute Gasteiger partial charge is 0.270 e. The Morgan fingerprint density at radius 2 is 1.77 bits per heavy atom. The monoisotopic (exact) mass is 393 g/mol. The normalized spacial score (nSPS) is 14.4. The van der Waals surface area contributed by atoms with Crippen molar-refractivity contribution in [3.63, 3.8) is 0 Å². The molecule has 0 bridgehead atoms. The summed E-state index contributed by atoms with van der Waals surface area (Å²) < 4.78 is 0. The van der Waals surface area contributed by atoms with Crippen molar-refractivity contribution in [2.75, 3.05) is 31.1 Å². The van der Waals surface area contributed by atoms with Crippen LogP contribution in [0.1, 0.15) is 15.9 Å². The molecule has 0 spiro atoms. The Kier molecular flexibility index (Phi) is 5.34. The highest BCUT2D eigenvalue weighted by Gasteiger charge is 2.25. The zero-order valence-corrected chi connectivity index (χ0v) is 15.6. The summed E-state index contributed by atoms with van der Waals surface area (Å²) in [5.74, 6) is -0.291. The lowest BCUT2D eigenvalue weighted by atomic mass is 10.1. The van der Waals surface area contributed by atoms with E-state index in [0.717, 1.165) is 11.3 Å². The van der Waals surface area contributed by atoms with Crippen LogP contribution in [0.5, 0.6) is 0 Å². The van der Waals surface area contributed by atoms with E-state index in [1.807, 2.05) is 25.1 Å². The number of piperazine rings is 1. The molecule has 0 atom stereocenters. The van der Waals surface area contributed by atoms with Gasteiger partial charge in [0.2, 0.25) is 0 Å². The van der Waals surface area contributed by atoms with Crippen LogP contribution in [0, 0.1) is 17.0 Å². The molecule has 0 aliphatic carbocycles. The van der Waals surface area contributed by atoms with Crippen molar-refractivity contribution in [3.05, 3.63) is 67.7 Å². The Labute approximate surface area is 161 Å². The van der Waals surface area contributed by atoms with E-state index >= 15 is 0 Å². The van der Waals surface area contributed by atoms with Crippen molar-refractivity contribution in [2.45, 2.75) is 6.92 Å². The number of halogens is 2. The van der Waals surface area contributed by atoms with Gasteiger partial charge in [-0.1, -0.05) is 29.3 Å². The third-order valence-corrected chi connectivity index (χ3v) is 5.03. The molecule has 2 aromatic carbocycles. The number of anilines is 1. The third-order valence-electron chi connectivity index (χ3n) is 4.47. The molecule has 26 heavy (non-hydrogen) atoms. The molecule has 136 valence electrons. The second-order valence-corrected chi connectivity index (χ2v) is 6.97. The molecule has 1 amide bonds. The summed E-state index contributed by atoms with van der Waals surface area (Å²) in [4.78, 5) is 27.0. The molecule has 0 saturated carbocycles. The zero-order chi connectivity index (χ0) is 18.8. The first-order valence-corrected chi connectivity index (χ1v) is 8.86. The van der Waals surface area contributed by atoms with Crippen molar-refractivity contribution >= 4 is 40.5 Å². The molecule has 0 aromatic heterocycles. The van der Waals surface area contributed by atoms with Gasteiger partial charge in [0.05, 0.1) is 15.5 Å². The first-order chi connectivity index (χ1) is 12.4. The van der Waals surface area contributed by atoms with Crippen LogP contribution in [0.4, 0.5) is 11.4 Å². The molecule has 3 rings (SSSR count). The highest BCUT2D eigenvalue weighted by Crippen LogP contribution is 2.27. The van der Waals surface area contributed by atoms with Gasteiger partial charge in [-0.15, -0.1) is 0 Å². The van der Waals surface area contributed by atoms with Gasteiger partial charge in [0.25, 0.3) is 11.6 Å². The van der Waals surface area contributed by atoms with Crippen molar-refractivity contribution in [1.29, 1.82) is 0 Å². The lowest BCUT2D eigenvalue weighted by molar-refractivity contribution is -0.384. The molecule has 1 saturated heterocycles. The molecule has 6 nitrogen and oxygen atoms in total. The van der Waals surface area contributed by atoms with Crippen molar-refractivity contribution in [1.82, 2.24) is 4.90 Å². The number of nitro groups is 1. The number of carbonyl (C=O) groups excluding carboxylic acids is 1. The molecule has 1 aliphatic heterocycles. The Hall–Kier alpha value is -2.31. The molecule has 0 N–H and O–H groups in total. The van der Waals surface area contributed by atoms with E-state index in [-0.39, 0.29) is 22.2 Å². The zero-order valence-electron chi connectivity index (χ0n) is 14.1. The maximum atomic E-state index is 12.7. The summed E-state index contributed by atoms with van der Waals surface area (Å²) >= 11 is 12.2. The number of hydrogen-bond acceptors (Lipinski definition) is 4. The van der Waals surface area contributed by atoms with Crippen LogP contribution in [0.15, 0.2) is 36.4 Å². The van der Waals surface area contributed by atoms with Crippen LogP contribution < -0.4 is 4.90 Å².